The first-order valence-corrected chi connectivity index (χ1v) is 6.86. The van der Waals surface area contributed by atoms with Gasteiger partial charge < -0.3 is 25.6 Å². The van der Waals surface area contributed by atoms with Crippen LogP contribution in [0.15, 0.2) is 18.2 Å². The highest BCUT2D eigenvalue weighted by Gasteiger charge is 2.28. The van der Waals surface area contributed by atoms with Crippen molar-refractivity contribution in [2.24, 2.45) is 5.73 Å². The monoisotopic (exact) mass is 296 g/mol. The van der Waals surface area contributed by atoms with Gasteiger partial charge in [0, 0.05) is 0 Å². The first-order valence-electron chi connectivity index (χ1n) is 6.86. The van der Waals surface area contributed by atoms with E-state index in [1.807, 2.05) is 0 Å². The highest BCUT2D eigenvalue weighted by Crippen LogP contribution is 2.28. The molecule has 1 aromatic rings. The van der Waals surface area contributed by atoms with Crippen LogP contribution >= 0.6 is 0 Å². The number of carbonyl (C=O) groups excluding carboxylic acids is 1. The summed E-state index contributed by atoms with van der Waals surface area (Å²) in [6.45, 7) is 2.17. The number of hydrogen-bond donors (Lipinski definition) is 3. The summed E-state index contributed by atoms with van der Waals surface area (Å²) in [6, 6.07) is 5.27. The number of methoxy groups -OCH3 is 1. The molecule has 0 aliphatic carbocycles. The summed E-state index contributed by atoms with van der Waals surface area (Å²) < 4.78 is 10.9. The minimum absolute atomic E-state index is 0.0459. The third kappa shape index (κ3) is 4.61. The summed E-state index contributed by atoms with van der Waals surface area (Å²) in [6.07, 6.45) is 1.25. The second-order valence-electron chi connectivity index (χ2n) is 5.04. The standard InChI is InChI=1S/C15H24N2O4/c1-15(17-2,14(16)19)7-4-8-21-12-6-5-11(10-18)9-13(12)20-3/h5-6,9,17-18H,4,7-8,10H2,1-3H3,(H2,16,19). The van der Waals surface area contributed by atoms with Crippen molar-refractivity contribution in [2.45, 2.75) is 31.9 Å². The number of amides is 1. The van der Waals surface area contributed by atoms with Crippen LogP contribution in [0.3, 0.4) is 0 Å². The molecule has 1 rings (SSSR count). The number of rotatable bonds is 9. The Morgan fingerprint density at radius 2 is 2.14 bits per heavy atom. The Labute approximate surface area is 125 Å². The summed E-state index contributed by atoms with van der Waals surface area (Å²) >= 11 is 0. The number of hydrogen-bond acceptors (Lipinski definition) is 5. The van der Waals surface area contributed by atoms with Gasteiger partial charge in [-0.15, -0.1) is 0 Å². The van der Waals surface area contributed by atoms with Gasteiger partial charge in [-0.2, -0.15) is 0 Å². The Morgan fingerprint density at radius 1 is 1.43 bits per heavy atom. The highest BCUT2D eigenvalue weighted by molar-refractivity contribution is 5.84. The van der Waals surface area contributed by atoms with Crippen molar-refractivity contribution in [2.75, 3.05) is 20.8 Å². The van der Waals surface area contributed by atoms with Crippen molar-refractivity contribution in [3.63, 3.8) is 0 Å². The van der Waals surface area contributed by atoms with Crippen molar-refractivity contribution >= 4 is 5.91 Å². The number of aliphatic hydroxyl groups is 1. The average Bonchev–Trinajstić information content (AvgIpc) is 2.50. The van der Waals surface area contributed by atoms with Gasteiger partial charge in [0.15, 0.2) is 11.5 Å². The lowest BCUT2D eigenvalue weighted by atomic mass is 9.95. The maximum Gasteiger partial charge on any atom is 0.237 e. The van der Waals surface area contributed by atoms with E-state index >= 15 is 0 Å². The Hall–Kier alpha value is -1.79. The molecule has 0 heterocycles. The van der Waals surface area contributed by atoms with Crippen LogP contribution in [0, 0.1) is 0 Å². The smallest absolute Gasteiger partial charge is 0.237 e. The van der Waals surface area contributed by atoms with E-state index in [1.54, 1.807) is 39.3 Å². The van der Waals surface area contributed by atoms with Gasteiger partial charge in [0.2, 0.25) is 5.91 Å². The van der Waals surface area contributed by atoms with E-state index in [9.17, 15) is 4.79 Å². The number of primary amides is 1. The topological polar surface area (TPSA) is 93.8 Å². The summed E-state index contributed by atoms with van der Waals surface area (Å²) in [5, 5.41) is 12.0. The van der Waals surface area contributed by atoms with Crippen molar-refractivity contribution in [3.05, 3.63) is 23.8 Å². The first-order chi connectivity index (χ1) is 9.96. The zero-order valence-corrected chi connectivity index (χ0v) is 12.8. The van der Waals surface area contributed by atoms with Gasteiger partial charge in [-0.05, 0) is 44.5 Å². The normalized spacial score (nSPS) is 13.5. The molecule has 0 spiro atoms. The molecule has 4 N–H and O–H groups in total. The Morgan fingerprint density at radius 3 is 2.67 bits per heavy atom. The predicted octanol–water partition coefficient (Wildman–Crippen LogP) is 0.810. The summed E-state index contributed by atoms with van der Waals surface area (Å²) in [7, 11) is 3.26. The number of nitrogens with two attached hydrogens (primary N) is 1. The van der Waals surface area contributed by atoms with Crippen LogP contribution in [-0.2, 0) is 11.4 Å². The molecule has 21 heavy (non-hydrogen) atoms. The maximum absolute atomic E-state index is 11.4. The molecule has 1 atom stereocenters. The number of likely N-dealkylation sites (N-methyl/N-ethyl adjacent to an activating group) is 1. The lowest BCUT2D eigenvalue weighted by Crippen LogP contribution is -2.51. The third-order valence-electron chi connectivity index (χ3n) is 3.58. The van der Waals surface area contributed by atoms with Crippen molar-refractivity contribution in [1.82, 2.24) is 5.32 Å². The Kier molecular flexibility index (Phi) is 6.45. The molecular weight excluding hydrogens is 272 g/mol. The molecule has 118 valence electrons. The van der Waals surface area contributed by atoms with E-state index in [1.165, 1.54) is 0 Å². The quantitative estimate of drug-likeness (QED) is 0.586. The van der Waals surface area contributed by atoms with Crippen LogP contribution in [0.2, 0.25) is 0 Å². The zero-order valence-electron chi connectivity index (χ0n) is 12.8. The lowest BCUT2D eigenvalue weighted by Gasteiger charge is -2.25. The van der Waals surface area contributed by atoms with E-state index in [4.69, 9.17) is 20.3 Å². The molecule has 6 nitrogen and oxygen atoms in total. The molecular formula is C15H24N2O4. The van der Waals surface area contributed by atoms with Crippen molar-refractivity contribution in [3.8, 4) is 11.5 Å². The van der Waals surface area contributed by atoms with Crippen molar-refractivity contribution < 1.29 is 19.4 Å². The predicted molar refractivity (Wildman–Crippen MR) is 80.3 cm³/mol. The second kappa shape index (κ2) is 7.85. The van der Waals surface area contributed by atoms with Crippen LogP contribution in [0.4, 0.5) is 0 Å². The SMILES string of the molecule is CNC(C)(CCCOc1ccc(CO)cc1OC)C(N)=O. The van der Waals surface area contributed by atoms with E-state index in [0.717, 1.165) is 5.56 Å². The molecule has 1 unspecified atom stereocenters. The molecule has 0 radical (unpaired) electrons. The van der Waals surface area contributed by atoms with E-state index in [0.29, 0.717) is 30.9 Å². The molecule has 0 bridgehead atoms. The Balaban J connectivity index is 2.55. The van der Waals surface area contributed by atoms with Gasteiger partial charge in [0.05, 0.1) is 25.9 Å². The van der Waals surface area contributed by atoms with E-state index in [-0.39, 0.29) is 12.5 Å². The van der Waals surface area contributed by atoms with Crippen LogP contribution in [-0.4, -0.2) is 37.3 Å². The molecule has 0 saturated carbocycles. The van der Waals surface area contributed by atoms with Gasteiger partial charge in [-0.3, -0.25) is 4.79 Å². The molecule has 0 aromatic heterocycles. The highest BCUT2D eigenvalue weighted by atomic mass is 16.5. The molecule has 1 amide bonds. The second-order valence-corrected chi connectivity index (χ2v) is 5.04. The van der Waals surface area contributed by atoms with Gasteiger partial charge in [-0.25, -0.2) is 0 Å². The van der Waals surface area contributed by atoms with Crippen LogP contribution in [0.25, 0.3) is 0 Å². The van der Waals surface area contributed by atoms with E-state index < -0.39 is 5.54 Å². The summed E-state index contributed by atoms with van der Waals surface area (Å²) in [5.74, 6) is 0.808. The molecule has 0 aliphatic heterocycles. The fourth-order valence-electron chi connectivity index (χ4n) is 1.91. The first kappa shape index (κ1) is 17.3. The fraction of sp³-hybridized carbons (Fsp3) is 0.533. The summed E-state index contributed by atoms with van der Waals surface area (Å²) in [5.41, 5.74) is 5.40. The largest absolute Gasteiger partial charge is 0.493 e. The van der Waals surface area contributed by atoms with E-state index in [2.05, 4.69) is 5.32 Å². The number of aliphatic hydroxyl groups excluding tert-OH is 1. The Bertz CT molecular complexity index is 479. The molecule has 0 aliphatic rings. The van der Waals surface area contributed by atoms with Gasteiger partial charge >= 0.3 is 0 Å². The number of benzene rings is 1. The minimum Gasteiger partial charge on any atom is -0.493 e. The fourth-order valence-corrected chi connectivity index (χ4v) is 1.91. The van der Waals surface area contributed by atoms with Gasteiger partial charge in [0.25, 0.3) is 0 Å². The number of ether oxygens (including phenoxy) is 2. The zero-order chi connectivity index (χ0) is 15.9. The molecule has 0 fully saturated rings. The summed E-state index contributed by atoms with van der Waals surface area (Å²) in [4.78, 5) is 11.4. The molecule has 1 aromatic carbocycles. The molecule has 6 heteroatoms. The van der Waals surface area contributed by atoms with Crippen molar-refractivity contribution in [1.29, 1.82) is 0 Å². The number of carbonyl (C=O) groups is 1. The van der Waals surface area contributed by atoms with Gasteiger partial charge in [0.1, 0.15) is 0 Å². The number of nitrogens with one attached hydrogen (secondary N) is 1. The lowest BCUT2D eigenvalue weighted by molar-refractivity contribution is -0.123. The molecule has 0 saturated heterocycles. The minimum atomic E-state index is -0.728. The average molecular weight is 296 g/mol. The van der Waals surface area contributed by atoms with Gasteiger partial charge in [-0.1, -0.05) is 6.07 Å². The van der Waals surface area contributed by atoms with Crippen LogP contribution in [0.1, 0.15) is 25.3 Å². The van der Waals surface area contributed by atoms with Crippen LogP contribution < -0.4 is 20.5 Å². The van der Waals surface area contributed by atoms with Crippen LogP contribution in [0.5, 0.6) is 11.5 Å². The third-order valence-corrected chi connectivity index (χ3v) is 3.58. The maximum atomic E-state index is 11.4.